The van der Waals surface area contributed by atoms with Gasteiger partial charge >= 0.3 is 12.2 Å². The van der Waals surface area contributed by atoms with Crippen molar-refractivity contribution in [2.75, 3.05) is 12.4 Å². The number of halogens is 3. The van der Waals surface area contributed by atoms with E-state index in [2.05, 4.69) is 5.32 Å². The average Bonchev–Trinajstić information content (AvgIpc) is 2.99. The van der Waals surface area contributed by atoms with Gasteiger partial charge in [-0.25, -0.2) is 4.79 Å². The van der Waals surface area contributed by atoms with E-state index in [4.69, 9.17) is 4.42 Å². The number of amides is 2. The fourth-order valence-electron chi connectivity index (χ4n) is 1.88. The fourth-order valence-corrected chi connectivity index (χ4v) is 1.88. The summed E-state index contributed by atoms with van der Waals surface area (Å²) in [4.78, 5) is 13.4. The third-order valence-corrected chi connectivity index (χ3v) is 3.30. The van der Waals surface area contributed by atoms with Crippen molar-refractivity contribution in [1.29, 1.82) is 0 Å². The number of rotatable bonds is 3. The van der Waals surface area contributed by atoms with Gasteiger partial charge < -0.3 is 14.6 Å². The standard InChI is InChI=1S/C15H15F3N2O2/c1-10(13-7-4-8-22-13)20(2)14(21)19-12-6-3-5-11(9-12)15(16,17)18/h3-10H,1-2H3,(H,19,21). The van der Waals surface area contributed by atoms with E-state index in [0.717, 1.165) is 12.1 Å². The number of hydrogen-bond donors (Lipinski definition) is 1. The van der Waals surface area contributed by atoms with Crippen molar-refractivity contribution in [3.8, 4) is 0 Å². The monoisotopic (exact) mass is 312 g/mol. The Morgan fingerprint density at radius 3 is 2.59 bits per heavy atom. The summed E-state index contributed by atoms with van der Waals surface area (Å²) in [5.41, 5.74) is -0.731. The van der Waals surface area contributed by atoms with E-state index >= 15 is 0 Å². The van der Waals surface area contributed by atoms with Crippen LogP contribution < -0.4 is 5.32 Å². The molecule has 0 saturated heterocycles. The molecule has 22 heavy (non-hydrogen) atoms. The summed E-state index contributed by atoms with van der Waals surface area (Å²) in [6, 6.07) is 7.04. The lowest BCUT2D eigenvalue weighted by Crippen LogP contribution is -2.33. The van der Waals surface area contributed by atoms with Gasteiger partial charge in [0.15, 0.2) is 0 Å². The van der Waals surface area contributed by atoms with Crippen molar-refractivity contribution in [3.63, 3.8) is 0 Å². The van der Waals surface area contributed by atoms with Gasteiger partial charge in [0.2, 0.25) is 0 Å². The summed E-state index contributed by atoms with van der Waals surface area (Å²) in [5.74, 6) is 0.585. The van der Waals surface area contributed by atoms with Gasteiger partial charge in [-0.15, -0.1) is 0 Å². The molecule has 0 radical (unpaired) electrons. The van der Waals surface area contributed by atoms with Crippen LogP contribution in [0.1, 0.15) is 24.3 Å². The Kier molecular flexibility index (Phi) is 4.44. The molecule has 0 fully saturated rings. The smallest absolute Gasteiger partial charge is 0.416 e. The molecular formula is C15H15F3N2O2. The van der Waals surface area contributed by atoms with E-state index < -0.39 is 17.8 Å². The van der Waals surface area contributed by atoms with Crippen LogP contribution in [0.2, 0.25) is 0 Å². The molecule has 0 bridgehead atoms. The minimum atomic E-state index is -4.45. The molecule has 0 aliphatic rings. The molecule has 1 N–H and O–H groups in total. The quantitative estimate of drug-likeness (QED) is 0.905. The van der Waals surface area contributed by atoms with E-state index in [1.165, 1.54) is 30.3 Å². The maximum absolute atomic E-state index is 12.6. The molecule has 0 aliphatic carbocycles. The van der Waals surface area contributed by atoms with Crippen LogP contribution in [0.15, 0.2) is 47.1 Å². The van der Waals surface area contributed by atoms with Gasteiger partial charge in [-0.2, -0.15) is 13.2 Å². The lowest BCUT2D eigenvalue weighted by Gasteiger charge is -2.23. The number of carbonyl (C=O) groups is 1. The molecule has 118 valence electrons. The zero-order valence-corrected chi connectivity index (χ0v) is 12.0. The number of benzene rings is 1. The highest BCUT2D eigenvalue weighted by Gasteiger charge is 2.30. The van der Waals surface area contributed by atoms with Crippen molar-refractivity contribution in [2.24, 2.45) is 0 Å². The Morgan fingerprint density at radius 1 is 1.27 bits per heavy atom. The van der Waals surface area contributed by atoms with Gasteiger partial charge in [-0.1, -0.05) is 6.07 Å². The van der Waals surface area contributed by atoms with Crippen LogP contribution in [0, 0.1) is 0 Å². The van der Waals surface area contributed by atoms with E-state index in [0.29, 0.717) is 5.76 Å². The first-order valence-electron chi connectivity index (χ1n) is 6.53. The minimum Gasteiger partial charge on any atom is -0.467 e. The Labute approximate surface area is 125 Å². The van der Waals surface area contributed by atoms with E-state index in [1.54, 1.807) is 19.1 Å². The Balaban J connectivity index is 2.09. The van der Waals surface area contributed by atoms with Crippen LogP contribution >= 0.6 is 0 Å². The summed E-state index contributed by atoms with van der Waals surface area (Å²) in [5, 5.41) is 2.44. The topological polar surface area (TPSA) is 45.5 Å². The normalized spacial score (nSPS) is 12.8. The van der Waals surface area contributed by atoms with Crippen LogP contribution in [0.5, 0.6) is 0 Å². The highest BCUT2D eigenvalue weighted by atomic mass is 19.4. The summed E-state index contributed by atoms with van der Waals surface area (Å²) in [6.07, 6.45) is -2.96. The number of alkyl halides is 3. The van der Waals surface area contributed by atoms with Crippen molar-refractivity contribution in [3.05, 3.63) is 54.0 Å². The van der Waals surface area contributed by atoms with Crippen LogP contribution in [0.25, 0.3) is 0 Å². The van der Waals surface area contributed by atoms with E-state index in [9.17, 15) is 18.0 Å². The predicted octanol–water partition coefficient (Wildman–Crippen LogP) is 4.52. The molecule has 0 spiro atoms. The Morgan fingerprint density at radius 2 is 2.00 bits per heavy atom. The zero-order valence-electron chi connectivity index (χ0n) is 12.0. The van der Waals surface area contributed by atoms with Gasteiger partial charge in [-0.3, -0.25) is 0 Å². The molecule has 2 aromatic rings. The summed E-state index contributed by atoms with van der Waals surface area (Å²) in [6.45, 7) is 1.75. The largest absolute Gasteiger partial charge is 0.467 e. The van der Waals surface area contributed by atoms with Gasteiger partial charge in [0, 0.05) is 12.7 Å². The molecule has 1 atom stereocenters. The van der Waals surface area contributed by atoms with Crippen LogP contribution in [0.4, 0.5) is 23.7 Å². The van der Waals surface area contributed by atoms with Crippen molar-refractivity contribution < 1.29 is 22.4 Å². The lowest BCUT2D eigenvalue weighted by atomic mass is 10.2. The molecule has 4 nitrogen and oxygen atoms in total. The molecule has 2 rings (SSSR count). The summed E-state index contributed by atoms with van der Waals surface area (Å²) < 4.78 is 43.1. The zero-order chi connectivity index (χ0) is 16.3. The minimum absolute atomic E-state index is 0.0818. The Bertz CT molecular complexity index is 638. The van der Waals surface area contributed by atoms with Gasteiger partial charge in [0.25, 0.3) is 0 Å². The van der Waals surface area contributed by atoms with Crippen LogP contribution in [0.3, 0.4) is 0 Å². The summed E-state index contributed by atoms with van der Waals surface area (Å²) >= 11 is 0. The lowest BCUT2D eigenvalue weighted by molar-refractivity contribution is -0.137. The predicted molar refractivity (Wildman–Crippen MR) is 75.3 cm³/mol. The second-order valence-electron chi connectivity index (χ2n) is 4.81. The second kappa shape index (κ2) is 6.13. The number of carbonyl (C=O) groups excluding carboxylic acids is 1. The van der Waals surface area contributed by atoms with Crippen molar-refractivity contribution in [2.45, 2.75) is 19.1 Å². The van der Waals surface area contributed by atoms with Gasteiger partial charge in [0.1, 0.15) is 5.76 Å². The molecule has 1 unspecified atom stereocenters. The molecule has 0 saturated carbocycles. The number of anilines is 1. The number of urea groups is 1. The second-order valence-corrected chi connectivity index (χ2v) is 4.81. The SMILES string of the molecule is CC(c1ccco1)N(C)C(=O)Nc1cccc(C(F)(F)F)c1. The third-order valence-electron chi connectivity index (χ3n) is 3.30. The number of nitrogens with one attached hydrogen (secondary N) is 1. The number of furan rings is 1. The highest BCUT2D eigenvalue weighted by molar-refractivity contribution is 5.89. The molecule has 2 amide bonds. The molecule has 1 aromatic heterocycles. The highest BCUT2D eigenvalue weighted by Crippen LogP contribution is 2.30. The molecule has 1 heterocycles. The first kappa shape index (κ1) is 15.9. The number of nitrogens with zero attached hydrogens (tertiary/aromatic N) is 1. The molecular weight excluding hydrogens is 297 g/mol. The van der Waals surface area contributed by atoms with E-state index in [-0.39, 0.29) is 11.7 Å². The maximum Gasteiger partial charge on any atom is 0.416 e. The van der Waals surface area contributed by atoms with Crippen LogP contribution in [-0.2, 0) is 6.18 Å². The first-order chi connectivity index (χ1) is 10.3. The van der Waals surface area contributed by atoms with Crippen LogP contribution in [-0.4, -0.2) is 18.0 Å². The van der Waals surface area contributed by atoms with Gasteiger partial charge in [0.05, 0.1) is 17.9 Å². The molecule has 1 aromatic carbocycles. The van der Waals surface area contributed by atoms with Gasteiger partial charge in [-0.05, 0) is 37.3 Å². The summed E-state index contributed by atoms with van der Waals surface area (Å²) in [7, 11) is 1.54. The number of hydrogen-bond acceptors (Lipinski definition) is 2. The van der Waals surface area contributed by atoms with E-state index in [1.807, 2.05) is 0 Å². The maximum atomic E-state index is 12.6. The molecule has 0 aliphatic heterocycles. The Hall–Kier alpha value is -2.44. The first-order valence-corrected chi connectivity index (χ1v) is 6.53. The third kappa shape index (κ3) is 3.60. The molecule has 7 heteroatoms. The average molecular weight is 312 g/mol. The van der Waals surface area contributed by atoms with Crippen molar-refractivity contribution in [1.82, 2.24) is 4.90 Å². The van der Waals surface area contributed by atoms with Crippen molar-refractivity contribution >= 4 is 11.7 Å². The fraction of sp³-hybridized carbons (Fsp3) is 0.267.